The lowest BCUT2D eigenvalue weighted by Gasteiger charge is -2.56. The molecular formula is C16H22BrN3O. The van der Waals surface area contributed by atoms with Crippen LogP contribution in [0, 0.1) is 24.7 Å². The Labute approximate surface area is 133 Å². The largest absolute Gasteiger partial charge is 0.349 e. The maximum atomic E-state index is 12.4. The maximum absolute atomic E-state index is 12.4. The average Bonchev–Trinajstić information content (AvgIpc) is 2.64. The smallest absolute Gasteiger partial charge is 0.242 e. The van der Waals surface area contributed by atoms with Crippen LogP contribution in [-0.4, -0.2) is 21.2 Å². The molecule has 1 heterocycles. The second kappa shape index (κ2) is 4.83. The third-order valence-electron chi connectivity index (χ3n) is 5.63. The molecule has 0 unspecified atom stereocenters. The summed E-state index contributed by atoms with van der Waals surface area (Å²) >= 11 is 3.44. The van der Waals surface area contributed by atoms with Crippen molar-refractivity contribution in [2.45, 2.75) is 57.5 Å². The molecular weight excluding hydrogens is 330 g/mol. The van der Waals surface area contributed by atoms with Crippen LogP contribution in [0.1, 0.15) is 44.2 Å². The predicted octanol–water partition coefficient (Wildman–Crippen LogP) is 3.04. The molecule has 0 aliphatic heterocycles. The van der Waals surface area contributed by atoms with E-state index >= 15 is 0 Å². The molecule has 21 heavy (non-hydrogen) atoms. The number of carbonyl (C=O) groups is 1. The van der Waals surface area contributed by atoms with Gasteiger partial charge in [-0.2, -0.15) is 5.10 Å². The molecule has 0 radical (unpaired) electrons. The Morgan fingerprint density at radius 3 is 2.38 bits per heavy atom. The van der Waals surface area contributed by atoms with Crippen molar-refractivity contribution in [3.63, 3.8) is 0 Å². The fraction of sp³-hybridized carbons (Fsp3) is 0.750. The minimum absolute atomic E-state index is 0.102. The molecule has 4 saturated carbocycles. The van der Waals surface area contributed by atoms with Gasteiger partial charge in [0.25, 0.3) is 0 Å². The van der Waals surface area contributed by atoms with E-state index < -0.39 is 0 Å². The highest BCUT2D eigenvalue weighted by Crippen LogP contribution is 2.55. The second-order valence-corrected chi connectivity index (χ2v) is 8.36. The zero-order valence-electron chi connectivity index (χ0n) is 12.4. The van der Waals surface area contributed by atoms with Gasteiger partial charge in [0.05, 0.1) is 10.2 Å². The standard InChI is InChI=1S/C16H22BrN3O/c1-10-14(17)8-20(19-10)9-15(21)18-16-5-11-2-12(6-16)4-13(3-11)7-16/h8,11-13H,2-7,9H2,1H3,(H,18,21). The molecule has 4 fully saturated rings. The zero-order valence-corrected chi connectivity index (χ0v) is 14.0. The number of aryl methyl sites for hydroxylation is 1. The average molecular weight is 352 g/mol. The van der Waals surface area contributed by atoms with E-state index in [1.54, 1.807) is 4.68 Å². The van der Waals surface area contributed by atoms with Crippen LogP contribution in [0.15, 0.2) is 10.7 Å². The molecule has 0 saturated heterocycles. The Balaban J connectivity index is 1.44. The highest BCUT2D eigenvalue weighted by Gasteiger charge is 2.51. The first-order chi connectivity index (χ1) is 10.0. The Kier molecular flexibility index (Phi) is 3.18. The van der Waals surface area contributed by atoms with Gasteiger partial charge in [-0.3, -0.25) is 9.48 Å². The van der Waals surface area contributed by atoms with Crippen LogP contribution < -0.4 is 5.32 Å². The Bertz CT molecular complexity index is 525. The lowest BCUT2D eigenvalue weighted by atomic mass is 9.53. The van der Waals surface area contributed by atoms with Gasteiger partial charge in [0.1, 0.15) is 6.54 Å². The molecule has 0 spiro atoms. The van der Waals surface area contributed by atoms with E-state index in [4.69, 9.17) is 0 Å². The molecule has 5 rings (SSSR count). The highest BCUT2D eigenvalue weighted by molar-refractivity contribution is 9.10. The van der Waals surface area contributed by atoms with Gasteiger partial charge in [-0.25, -0.2) is 0 Å². The predicted molar refractivity (Wildman–Crippen MR) is 83.7 cm³/mol. The van der Waals surface area contributed by atoms with E-state index in [1.807, 2.05) is 13.1 Å². The van der Waals surface area contributed by atoms with Crippen molar-refractivity contribution in [3.8, 4) is 0 Å². The summed E-state index contributed by atoms with van der Waals surface area (Å²) in [7, 11) is 0. The summed E-state index contributed by atoms with van der Waals surface area (Å²) in [6, 6.07) is 0. The lowest BCUT2D eigenvalue weighted by Crippen LogP contribution is -2.60. The van der Waals surface area contributed by atoms with Gasteiger partial charge >= 0.3 is 0 Å². The SMILES string of the molecule is Cc1nn(CC(=O)NC23CC4CC(CC(C4)C2)C3)cc1Br. The van der Waals surface area contributed by atoms with Gasteiger partial charge in [0, 0.05) is 11.7 Å². The van der Waals surface area contributed by atoms with E-state index in [0.29, 0.717) is 6.54 Å². The zero-order chi connectivity index (χ0) is 14.6. The van der Waals surface area contributed by atoms with Gasteiger partial charge in [-0.15, -0.1) is 0 Å². The summed E-state index contributed by atoms with van der Waals surface area (Å²) in [4.78, 5) is 12.4. The second-order valence-electron chi connectivity index (χ2n) is 7.51. The van der Waals surface area contributed by atoms with Crippen molar-refractivity contribution < 1.29 is 4.79 Å². The third-order valence-corrected chi connectivity index (χ3v) is 6.41. The molecule has 5 heteroatoms. The lowest BCUT2D eigenvalue weighted by molar-refractivity contribution is -0.127. The van der Waals surface area contributed by atoms with Crippen LogP contribution in [0.4, 0.5) is 0 Å². The number of carbonyl (C=O) groups excluding carboxylic acids is 1. The molecule has 1 amide bonds. The normalized spacial score (nSPS) is 37.0. The number of rotatable bonds is 3. The summed E-state index contributed by atoms with van der Waals surface area (Å²) in [5.74, 6) is 2.69. The number of aromatic nitrogens is 2. The minimum atomic E-state index is 0.102. The third kappa shape index (κ3) is 2.54. The van der Waals surface area contributed by atoms with E-state index in [-0.39, 0.29) is 11.4 Å². The minimum Gasteiger partial charge on any atom is -0.349 e. The fourth-order valence-corrected chi connectivity index (χ4v) is 5.64. The summed E-state index contributed by atoms with van der Waals surface area (Å²) in [5, 5.41) is 7.74. The van der Waals surface area contributed by atoms with Crippen molar-refractivity contribution in [3.05, 3.63) is 16.4 Å². The molecule has 0 aromatic carbocycles. The number of halogens is 1. The van der Waals surface area contributed by atoms with Crippen molar-refractivity contribution in [1.82, 2.24) is 15.1 Å². The topological polar surface area (TPSA) is 46.9 Å². The number of hydrogen-bond acceptors (Lipinski definition) is 2. The van der Waals surface area contributed by atoms with E-state index in [2.05, 4.69) is 26.3 Å². The molecule has 4 bridgehead atoms. The van der Waals surface area contributed by atoms with Crippen LogP contribution in [-0.2, 0) is 11.3 Å². The number of nitrogens with one attached hydrogen (secondary N) is 1. The van der Waals surface area contributed by atoms with Gasteiger partial charge in [-0.1, -0.05) is 0 Å². The van der Waals surface area contributed by atoms with Crippen LogP contribution in [0.25, 0.3) is 0 Å². The van der Waals surface area contributed by atoms with Crippen LogP contribution in [0.3, 0.4) is 0 Å². The Hall–Kier alpha value is -0.840. The summed E-state index contributed by atoms with van der Waals surface area (Å²) in [6.45, 7) is 2.27. The number of nitrogens with zero attached hydrogens (tertiary/aromatic N) is 2. The molecule has 4 nitrogen and oxygen atoms in total. The first kappa shape index (κ1) is 13.8. The van der Waals surface area contributed by atoms with E-state index in [1.165, 1.54) is 38.5 Å². The Morgan fingerprint density at radius 1 is 1.33 bits per heavy atom. The van der Waals surface area contributed by atoms with Crippen LogP contribution in [0.5, 0.6) is 0 Å². The maximum Gasteiger partial charge on any atom is 0.242 e. The molecule has 1 aromatic heterocycles. The summed E-state index contributed by atoms with van der Waals surface area (Å²) in [5.41, 5.74) is 1.03. The van der Waals surface area contributed by atoms with Gasteiger partial charge in [0.15, 0.2) is 0 Å². The molecule has 4 aliphatic rings. The van der Waals surface area contributed by atoms with E-state index in [0.717, 1.165) is 27.9 Å². The Morgan fingerprint density at radius 2 is 1.90 bits per heavy atom. The highest BCUT2D eigenvalue weighted by atomic mass is 79.9. The molecule has 1 aromatic rings. The molecule has 1 N–H and O–H groups in total. The van der Waals surface area contributed by atoms with Crippen LogP contribution in [0.2, 0.25) is 0 Å². The summed E-state index contributed by atoms with van der Waals surface area (Å²) in [6.07, 6.45) is 9.70. The van der Waals surface area contributed by atoms with E-state index in [9.17, 15) is 4.79 Å². The number of amides is 1. The van der Waals surface area contributed by atoms with Gasteiger partial charge in [0.2, 0.25) is 5.91 Å². The number of hydrogen-bond donors (Lipinski definition) is 1. The van der Waals surface area contributed by atoms with Crippen molar-refractivity contribution >= 4 is 21.8 Å². The first-order valence-corrected chi connectivity index (χ1v) is 8.81. The van der Waals surface area contributed by atoms with Gasteiger partial charge in [-0.05, 0) is 79.1 Å². The van der Waals surface area contributed by atoms with Crippen molar-refractivity contribution in [1.29, 1.82) is 0 Å². The first-order valence-electron chi connectivity index (χ1n) is 8.02. The molecule has 0 atom stereocenters. The quantitative estimate of drug-likeness (QED) is 0.909. The summed E-state index contributed by atoms with van der Waals surface area (Å²) < 4.78 is 2.69. The van der Waals surface area contributed by atoms with Crippen LogP contribution >= 0.6 is 15.9 Å². The monoisotopic (exact) mass is 351 g/mol. The van der Waals surface area contributed by atoms with Crippen molar-refractivity contribution in [2.24, 2.45) is 17.8 Å². The van der Waals surface area contributed by atoms with Crippen molar-refractivity contribution in [2.75, 3.05) is 0 Å². The van der Waals surface area contributed by atoms with Gasteiger partial charge < -0.3 is 5.32 Å². The molecule has 114 valence electrons. The molecule has 4 aliphatic carbocycles. The fourth-order valence-electron chi connectivity index (χ4n) is 5.32.